The molecule has 1 saturated heterocycles. The number of aryl methyl sites for hydroxylation is 2. The van der Waals surface area contributed by atoms with Crippen LogP contribution in [0.1, 0.15) is 40.2 Å². The zero-order valence-corrected chi connectivity index (χ0v) is 14.1. The van der Waals surface area contributed by atoms with Crippen molar-refractivity contribution in [1.29, 1.82) is 0 Å². The van der Waals surface area contributed by atoms with Crippen LogP contribution in [0.3, 0.4) is 0 Å². The molecule has 23 heavy (non-hydrogen) atoms. The van der Waals surface area contributed by atoms with Crippen LogP contribution >= 0.6 is 11.6 Å². The summed E-state index contributed by atoms with van der Waals surface area (Å²) in [4.78, 5) is 14.6. The smallest absolute Gasteiger partial charge is 0.251 e. The second kappa shape index (κ2) is 6.62. The summed E-state index contributed by atoms with van der Waals surface area (Å²) in [5.74, 6) is 0.574. The Labute approximate surface area is 140 Å². The SMILES string of the molecule is Cc1noc(C)c1CNC(=O)c1ccc(N2CCCC2)c(Cl)c1. The maximum absolute atomic E-state index is 12.3. The van der Waals surface area contributed by atoms with Gasteiger partial charge in [0.05, 0.1) is 16.4 Å². The summed E-state index contributed by atoms with van der Waals surface area (Å²) >= 11 is 6.36. The number of aromatic nitrogens is 1. The van der Waals surface area contributed by atoms with Crippen LogP contribution in [-0.2, 0) is 6.54 Å². The maximum atomic E-state index is 12.3. The number of benzene rings is 1. The second-order valence-electron chi connectivity index (χ2n) is 5.85. The van der Waals surface area contributed by atoms with Crippen molar-refractivity contribution in [1.82, 2.24) is 10.5 Å². The fraction of sp³-hybridized carbons (Fsp3) is 0.412. The average molecular weight is 334 g/mol. The molecule has 2 heterocycles. The van der Waals surface area contributed by atoms with E-state index in [2.05, 4.69) is 15.4 Å². The van der Waals surface area contributed by atoms with E-state index in [0.717, 1.165) is 35.8 Å². The Bertz CT molecular complexity index is 701. The van der Waals surface area contributed by atoms with E-state index in [1.54, 1.807) is 6.07 Å². The van der Waals surface area contributed by atoms with Crippen molar-refractivity contribution in [3.63, 3.8) is 0 Å². The lowest BCUT2D eigenvalue weighted by atomic mass is 10.1. The molecule has 0 bridgehead atoms. The molecule has 1 amide bonds. The van der Waals surface area contributed by atoms with Gasteiger partial charge in [0.15, 0.2) is 0 Å². The monoisotopic (exact) mass is 333 g/mol. The molecule has 1 N–H and O–H groups in total. The van der Waals surface area contributed by atoms with Gasteiger partial charge in [-0.1, -0.05) is 16.8 Å². The summed E-state index contributed by atoms with van der Waals surface area (Å²) in [6.45, 7) is 6.14. The highest BCUT2D eigenvalue weighted by molar-refractivity contribution is 6.33. The number of rotatable bonds is 4. The highest BCUT2D eigenvalue weighted by atomic mass is 35.5. The lowest BCUT2D eigenvalue weighted by molar-refractivity contribution is 0.0951. The predicted octanol–water partition coefficient (Wildman–Crippen LogP) is 3.48. The minimum absolute atomic E-state index is 0.153. The van der Waals surface area contributed by atoms with Gasteiger partial charge in [-0.25, -0.2) is 0 Å². The van der Waals surface area contributed by atoms with Crippen LogP contribution in [0.2, 0.25) is 5.02 Å². The zero-order valence-electron chi connectivity index (χ0n) is 13.4. The van der Waals surface area contributed by atoms with E-state index in [-0.39, 0.29) is 5.91 Å². The predicted molar refractivity (Wildman–Crippen MR) is 90.0 cm³/mol. The summed E-state index contributed by atoms with van der Waals surface area (Å²) in [5, 5.41) is 7.39. The topological polar surface area (TPSA) is 58.4 Å². The van der Waals surface area contributed by atoms with Crippen molar-refractivity contribution in [2.24, 2.45) is 0 Å². The van der Waals surface area contributed by atoms with Crippen molar-refractivity contribution in [2.75, 3.05) is 18.0 Å². The highest BCUT2D eigenvalue weighted by Crippen LogP contribution is 2.29. The van der Waals surface area contributed by atoms with Crippen LogP contribution < -0.4 is 10.2 Å². The highest BCUT2D eigenvalue weighted by Gasteiger charge is 2.17. The molecule has 5 nitrogen and oxygen atoms in total. The van der Waals surface area contributed by atoms with Gasteiger partial charge < -0.3 is 14.7 Å². The summed E-state index contributed by atoms with van der Waals surface area (Å²) in [7, 11) is 0. The van der Waals surface area contributed by atoms with Gasteiger partial charge >= 0.3 is 0 Å². The molecule has 0 unspecified atom stereocenters. The van der Waals surface area contributed by atoms with Crippen molar-refractivity contribution >= 4 is 23.2 Å². The molecule has 122 valence electrons. The number of carbonyl (C=O) groups excluding carboxylic acids is 1. The summed E-state index contributed by atoms with van der Waals surface area (Å²) in [5.41, 5.74) is 3.28. The molecule has 3 rings (SSSR count). The number of nitrogens with one attached hydrogen (secondary N) is 1. The normalized spacial score (nSPS) is 14.3. The molecule has 1 aliphatic heterocycles. The van der Waals surface area contributed by atoms with Gasteiger partial charge in [0, 0.05) is 30.8 Å². The van der Waals surface area contributed by atoms with Crippen LogP contribution in [0.25, 0.3) is 0 Å². The van der Waals surface area contributed by atoms with Crippen LogP contribution in [-0.4, -0.2) is 24.2 Å². The molecule has 2 aromatic rings. The minimum atomic E-state index is -0.153. The Morgan fingerprint density at radius 2 is 2.09 bits per heavy atom. The van der Waals surface area contributed by atoms with Gasteiger partial charge in [0.2, 0.25) is 0 Å². The van der Waals surface area contributed by atoms with Crippen molar-refractivity contribution in [3.8, 4) is 0 Å². The van der Waals surface area contributed by atoms with Crippen LogP contribution in [0.4, 0.5) is 5.69 Å². The van der Waals surface area contributed by atoms with E-state index in [4.69, 9.17) is 16.1 Å². The Kier molecular flexibility index (Phi) is 4.57. The molecule has 1 aromatic carbocycles. The quantitative estimate of drug-likeness (QED) is 0.930. The van der Waals surface area contributed by atoms with E-state index in [9.17, 15) is 4.79 Å². The first kappa shape index (κ1) is 15.9. The van der Waals surface area contributed by atoms with Crippen LogP contribution in [0.5, 0.6) is 0 Å². The van der Waals surface area contributed by atoms with E-state index in [1.807, 2.05) is 26.0 Å². The first-order valence-electron chi connectivity index (χ1n) is 7.80. The number of hydrogen-bond donors (Lipinski definition) is 1. The zero-order chi connectivity index (χ0) is 16.4. The fourth-order valence-corrected chi connectivity index (χ4v) is 3.19. The molecule has 1 fully saturated rings. The minimum Gasteiger partial charge on any atom is -0.370 e. The molecule has 1 aliphatic rings. The lowest BCUT2D eigenvalue weighted by Crippen LogP contribution is -2.24. The standard InChI is InChI=1S/C17H20ClN3O2/c1-11-14(12(2)23-20-11)10-19-17(22)13-5-6-16(15(18)9-13)21-7-3-4-8-21/h5-6,9H,3-4,7-8,10H2,1-2H3,(H,19,22). The van der Waals surface area contributed by atoms with E-state index in [1.165, 1.54) is 12.8 Å². The average Bonchev–Trinajstić information content (AvgIpc) is 3.16. The molecular weight excluding hydrogens is 314 g/mol. The second-order valence-corrected chi connectivity index (χ2v) is 6.25. The van der Waals surface area contributed by atoms with Gasteiger partial charge in [0.25, 0.3) is 5.91 Å². The van der Waals surface area contributed by atoms with Crippen LogP contribution in [0.15, 0.2) is 22.7 Å². The van der Waals surface area contributed by atoms with E-state index in [0.29, 0.717) is 17.1 Å². The number of anilines is 1. The molecule has 0 aliphatic carbocycles. The number of carbonyl (C=O) groups is 1. The Balaban J connectivity index is 1.69. The molecule has 6 heteroatoms. The fourth-order valence-electron chi connectivity index (χ4n) is 2.89. The van der Waals surface area contributed by atoms with Crippen molar-refractivity contribution in [3.05, 3.63) is 45.8 Å². The van der Waals surface area contributed by atoms with Gasteiger partial charge in [-0.15, -0.1) is 0 Å². The number of hydrogen-bond acceptors (Lipinski definition) is 4. The molecule has 0 saturated carbocycles. The summed E-state index contributed by atoms with van der Waals surface area (Å²) in [6, 6.07) is 5.48. The largest absolute Gasteiger partial charge is 0.370 e. The van der Waals surface area contributed by atoms with E-state index >= 15 is 0 Å². The van der Waals surface area contributed by atoms with E-state index < -0.39 is 0 Å². The van der Waals surface area contributed by atoms with Crippen molar-refractivity contribution < 1.29 is 9.32 Å². The molecule has 0 spiro atoms. The Morgan fingerprint density at radius 3 is 2.70 bits per heavy atom. The van der Waals surface area contributed by atoms with Crippen LogP contribution in [0, 0.1) is 13.8 Å². The third-order valence-corrected chi connectivity index (χ3v) is 4.57. The third-order valence-electron chi connectivity index (χ3n) is 4.26. The summed E-state index contributed by atoms with van der Waals surface area (Å²) in [6.07, 6.45) is 2.38. The van der Waals surface area contributed by atoms with Gasteiger partial charge in [-0.2, -0.15) is 0 Å². The maximum Gasteiger partial charge on any atom is 0.251 e. The number of nitrogens with zero attached hydrogens (tertiary/aromatic N) is 2. The number of halogens is 1. The molecule has 1 aromatic heterocycles. The van der Waals surface area contributed by atoms with Gasteiger partial charge in [-0.05, 0) is 44.9 Å². The van der Waals surface area contributed by atoms with Gasteiger partial charge in [-0.3, -0.25) is 4.79 Å². The molecular formula is C17H20ClN3O2. The van der Waals surface area contributed by atoms with Gasteiger partial charge in [0.1, 0.15) is 5.76 Å². The Hall–Kier alpha value is -2.01. The lowest BCUT2D eigenvalue weighted by Gasteiger charge is -2.19. The third kappa shape index (κ3) is 3.34. The van der Waals surface area contributed by atoms with Crippen molar-refractivity contribution in [2.45, 2.75) is 33.2 Å². The summed E-state index contributed by atoms with van der Waals surface area (Å²) < 4.78 is 5.10. The molecule has 0 radical (unpaired) electrons. The first-order valence-corrected chi connectivity index (χ1v) is 8.18. The molecule has 0 atom stereocenters. The first-order chi connectivity index (χ1) is 11.1. The number of amides is 1. The Morgan fingerprint density at radius 1 is 1.35 bits per heavy atom.